The molecule has 0 aliphatic heterocycles. The molecule has 1 saturated carbocycles. The van der Waals surface area contributed by atoms with Crippen molar-refractivity contribution in [2.24, 2.45) is 16.7 Å². The van der Waals surface area contributed by atoms with Gasteiger partial charge in [0, 0.05) is 17.5 Å². The lowest BCUT2D eigenvalue weighted by Crippen LogP contribution is -2.60. The lowest BCUT2D eigenvalue weighted by molar-refractivity contribution is -0.133. The highest BCUT2D eigenvalue weighted by Gasteiger charge is 2.49. The molecule has 130 valence electrons. The highest BCUT2D eigenvalue weighted by Crippen LogP contribution is 2.48. The van der Waals surface area contributed by atoms with E-state index >= 15 is 0 Å². The van der Waals surface area contributed by atoms with E-state index in [0.717, 1.165) is 30.8 Å². The number of nitrogens with zero attached hydrogens (tertiary/aromatic N) is 2. The molecule has 1 aromatic heterocycles. The van der Waals surface area contributed by atoms with Crippen molar-refractivity contribution in [3.05, 3.63) is 17.5 Å². The molecule has 1 heterocycles. The summed E-state index contributed by atoms with van der Waals surface area (Å²) in [5.74, 6) is 1.55. The Morgan fingerprint density at radius 1 is 1.43 bits per heavy atom. The van der Waals surface area contributed by atoms with Crippen LogP contribution in [0.15, 0.2) is 10.6 Å². The molecule has 2 atom stereocenters. The van der Waals surface area contributed by atoms with Crippen LogP contribution in [0.25, 0.3) is 0 Å². The zero-order chi connectivity index (χ0) is 17.4. The second-order valence-electron chi connectivity index (χ2n) is 8.76. The van der Waals surface area contributed by atoms with Gasteiger partial charge in [0.1, 0.15) is 0 Å². The highest BCUT2D eigenvalue weighted by atomic mass is 16.5. The number of hydrogen-bond donors (Lipinski definition) is 1. The molecule has 1 amide bonds. The van der Waals surface area contributed by atoms with E-state index in [-0.39, 0.29) is 22.8 Å². The fourth-order valence-electron chi connectivity index (χ4n) is 3.07. The van der Waals surface area contributed by atoms with E-state index in [4.69, 9.17) is 4.52 Å². The largest absolute Gasteiger partial charge is 0.360 e. The molecule has 2 rings (SSSR count). The van der Waals surface area contributed by atoms with Crippen LogP contribution in [0.1, 0.15) is 52.5 Å². The van der Waals surface area contributed by atoms with Crippen LogP contribution in [-0.4, -0.2) is 36.1 Å². The van der Waals surface area contributed by atoms with Crippen LogP contribution < -0.4 is 5.32 Å². The fourth-order valence-corrected chi connectivity index (χ4v) is 3.07. The van der Waals surface area contributed by atoms with E-state index in [0.29, 0.717) is 5.92 Å². The number of carbonyl (C=O) groups is 1. The summed E-state index contributed by atoms with van der Waals surface area (Å²) < 4.78 is 5.39. The molecular weight excluding hydrogens is 290 g/mol. The summed E-state index contributed by atoms with van der Waals surface area (Å²) in [7, 11) is 4.03. The number of hydrogen-bond acceptors (Lipinski definition) is 4. The van der Waals surface area contributed by atoms with Crippen molar-refractivity contribution in [3.63, 3.8) is 0 Å². The smallest absolute Gasteiger partial charge is 0.225 e. The van der Waals surface area contributed by atoms with E-state index in [1.54, 1.807) is 0 Å². The van der Waals surface area contributed by atoms with Crippen molar-refractivity contribution in [2.75, 3.05) is 14.1 Å². The Kier molecular flexibility index (Phi) is 4.90. The average Bonchev–Trinajstić information content (AvgIpc) is 2.82. The molecule has 2 unspecified atom stereocenters. The normalized spacial score (nSPS) is 23.7. The van der Waals surface area contributed by atoms with Crippen LogP contribution >= 0.6 is 0 Å². The third-order valence-corrected chi connectivity index (χ3v) is 4.99. The fraction of sp³-hybridized carbons (Fsp3) is 0.778. The monoisotopic (exact) mass is 321 g/mol. The van der Waals surface area contributed by atoms with Crippen molar-refractivity contribution in [3.8, 4) is 0 Å². The molecule has 0 spiro atoms. The van der Waals surface area contributed by atoms with E-state index in [2.05, 4.69) is 35.3 Å². The van der Waals surface area contributed by atoms with E-state index in [1.807, 2.05) is 34.9 Å². The Bertz CT molecular complexity index is 555. The number of carbonyl (C=O) groups excluding carboxylic acids is 1. The van der Waals surface area contributed by atoms with Crippen LogP contribution in [0.3, 0.4) is 0 Å². The van der Waals surface area contributed by atoms with Crippen LogP contribution in [-0.2, 0) is 17.8 Å². The Labute approximate surface area is 139 Å². The second kappa shape index (κ2) is 6.27. The molecule has 1 aliphatic rings. The average molecular weight is 321 g/mol. The second-order valence-corrected chi connectivity index (χ2v) is 8.76. The molecule has 0 saturated heterocycles. The Morgan fingerprint density at radius 2 is 2.09 bits per heavy atom. The molecule has 1 aliphatic carbocycles. The molecule has 1 N–H and O–H groups in total. The Morgan fingerprint density at radius 3 is 2.61 bits per heavy atom. The minimum absolute atomic E-state index is 0.0849. The van der Waals surface area contributed by atoms with Crippen LogP contribution in [0.2, 0.25) is 0 Å². The Balaban J connectivity index is 1.91. The first-order valence-electron chi connectivity index (χ1n) is 8.40. The Hall–Kier alpha value is -1.36. The number of aromatic nitrogens is 1. The maximum atomic E-state index is 12.2. The molecular formula is C18H31N3O2. The van der Waals surface area contributed by atoms with Crippen LogP contribution in [0.4, 0.5) is 0 Å². The summed E-state index contributed by atoms with van der Waals surface area (Å²) in [6.45, 7) is 11.1. The maximum Gasteiger partial charge on any atom is 0.225 e. The SMILES string of the molecule is CN(C)Cc1cc(CC2CC(NC(=O)C(C)(C)C)C2(C)C)no1. The summed E-state index contributed by atoms with van der Waals surface area (Å²) in [4.78, 5) is 14.2. The highest BCUT2D eigenvalue weighted by molar-refractivity contribution is 5.81. The molecule has 23 heavy (non-hydrogen) atoms. The summed E-state index contributed by atoms with van der Waals surface area (Å²) in [5.41, 5.74) is 0.760. The summed E-state index contributed by atoms with van der Waals surface area (Å²) in [6, 6.07) is 2.30. The van der Waals surface area contributed by atoms with Gasteiger partial charge < -0.3 is 14.7 Å². The standard InChI is InChI=1S/C18H31N3O2/c1-17(2,3)16(22)19-15-9-12(18(15,4)5)8-13-10-14(23-20-13)11-21(6)7/h10,12,15H,8-9,11H2,1-7H3,(H,19,22). The summed E-state index contributed by atoms with van der Waals surface area (Å²) >= 11 is 0. The zero-order valence-corrected chi connectivity index (χ0v) is 15.6. The maximum absolute atomic E-state index is 12.2. The lowest BCUT2D eigenvalue weighted by atomic mass is 9.57. The van der Waals surface area contributed by atoms with Gasteiger partial charge in [-0.1, -0.05) is 39.8 Å². The third kappa shape index (κ3) is 4.14. The van der Waals surface area contributed by atoms with Crippen molar-refractivity contribution >= 4 is 5.91 Å². The molecule has 0 aromatic carbocycles. The van der Waals surface area contributed by atoms with Gasteiger partial charge in [0.25, 0.3) is 0 Å². The van der Waals surface area contributed by atoms with Crippen molar-refractivity contribution in [1.29, 1.82) is 0 Å². The van der Waals surface area contributed by atoms with Gasteiger partial charge in [0.2, 0.25) is 5.91 Å². The quantitative estimate of drug-likeness (QED) is 0.906. The van der Waals surface area contributed by atoms with E-state index in [1.165, 1.54) is 0 Å². The number of nitrogens with one attached hydrogen (secondary N) is 1. The molecule has 1 aromatic rings. The number of rotatable bonds is 5. The van der Waals surface area contributed by atoms with Gasteiger partial charge in [0.05, 0.1) is 12.2 Å². The number of amides is 1. The molecule has 5 heteroatoms. The lowest BCUT2D eigenvalue weighted by Gasteiger charge is -2.52. The van der Waals surface area contributed by atoms with Gasteiger partial charge in [-0.3, -0.25) is 4.79 Å². The van der Waals surface area contributed by atoms with E-state index < -0.39 is 0 Å². The third-order valence-electron chi connectivity index (χ3n) is 4.99. The van der Waals surface area contributed by atoms with Gasteiger partial charge in [-0.05, 0) is 38.3 Å². The molecule has 0 bridgehead atoms. The van der Waals surface area contributed by atoms with Crippen molar-refractivity contribution < 1.29 is 9.32 Å². The molecule has 1 fully saturated rings. The van der Waals surface area contributed by atoms with Crippen molar-refractivity contribution in [2.45, 2.75) is 60.0 Å². The van der Waals surface area contributed by atoms with Gasteiger partial charge >= 0.3 is 0 Å². The first-order valence-corrected chi connectivity index (χ1v) is 8.40. The predicted octanol–water partition coefficient (Wildman–Crippen LogP) is 2.86. The zero-order valence-electron chi connectivity index (χ0n) is 15.6. The van der Waals surface area contributed by atoms with Gasteiger partial charge in [-0.25, -0.2) is 0 Å². The van der Waals surface area contributed by atoms with Crippen LogP contribution in [0.5, 0.6) is 0 Å². The van der Waals surface area contributed by atoms with Crippen LogP contribution in [0, 0.1) is 16.7 Å². The van der Waals surface area contributed by atoms with E-state index in [9.17, 15) is 4.79 Å². The predicted molar refractivity (Wildman–Crippen MR) is 90.9 cm³/mol. The molecule has 5 nitrogen and oxygen atoms in total. The minimum Gasteiger partial charge on any atom is -0.360 e. The molecule has 0 radical (unpaired) electrons. The van der Waals surface area contributed by atoms with Crippen molar-refractivity contribution in [1.82, 2.24) is 15.4 Å². The van der Waals surface area contributed by atoms with Gasteiger partial charge in [0.15, 0.2) is 5.76 Å². The minimum atomic E-state index is -0.339. The first-order chi connectivity index (χ1) is 10.5. The van der Waals surface area contributed by atoms with Gasteiger partial charge in [-0.2, -0.15) is 0 Å². The topological polar surface area (TPSA) is 58.4 Å². The van der Waals surface area contributed by atoms with Gasteiger partial charge in [-0.15, -0.1) is 0 Å². The first kappa shape index (κ1) is 18.0. The summed E-state index contributed by atoms with van der Waals surface area (Å²) in [6.07, 6.45) is 1.91. The summed E-state index contributed by atoms with van der Waals surface area (Å²) in [5, 5.41) is 7.40.